The maximum Gasteiger partial charge on any atom is 0.335 e. The molecular weight excluding hydrogens is 256 g/mol. The predicted molar refractivity (Wildman–Crippen MR) is 67.7 cm³/mol. The van der Waals surface area contributed by atoms with Crippen LogP contribution in [-0.4, -0.2) is 31.8 Å². The van der Waals surface area contributed by atoms with Crippen LogP contribution in [0, 0.1) is 0 Å². The second-order valence-corrected chi connectivity index (χ2v) is 5.63. The lowest BCUT2D eigenvalue weighted by molar-refractivity contribution is 0.0697. The van der Waals surface area contributed by atoms with Gasteiger partial charge in [0.1, 0.15) is 0 Å². The number of sulfonamides is 1. The van der Waals surface area contributed by atoms with Crippen molar-refractivity contribution in [3.05, 3.63) is 35.4 Å². The van der Waals surface area contributed by atoms with Crippen molar-refractivity contribution < 1.29 is 18.3 Å². The Labute approximate surface area is 106 Å². The summed E-state index contributed by atoms with van der Waals surface area (Å²) in [5.74, 6) is -1.000. The van der Waals surface area contributed by atoms with Crippen molar-refractivity contribution in [2.75, 3.05) is 12.3 Å². The number of primary sulfonamides is 1. The Morgan fingerprint density at radius 1 is 1.28 bits per heavy atom. The van der Waals surface area contributed by atoms with Gasteiger partial charge >= 0.3 is 5.97 Å². The number of rotatable bonds is 7. The molecule has 100 valence electrons. The standard InChI is InChI=1S/C11H16N2O4S/c12-18(16,17)7-1-6-13-8-9-2-4-10(5-3-9)11(14)15/h2-5,13H,1,6-8H2,(H,14,15)(H2,12,16,17). The first-order valence-corrected chi connectivity index (χ1v) is 7.13. The molecule has 0 aliphatic carbocycles. The van der Waals surface area contributed by atoms with Gasteiger partial charge in [-0.05, 0) is 30.7 Å². The van der Waals surface area contributed by atoms with Crippen LogP contribution in [0.4, 0.5) is 0 Å². The monoisotopic (exact) mass is 272 g/mol. The first-order valence-electron chi connectivity index (χ1n) is 5.42. The van der Waals surface area contributed by atoms with E-state index in [4.69, 9.17) is 10.2 Å². The summed E-state index contributed by atoms with van der Waals surface area (Å²) in [4.78, 5) is 10.6. The van der Waals surface area contributed by atoms with Gasteiger partial charge in [0.15, 0.2) is 0 Å². The Morgan fingerprint density at radius 3 is 2.39 bits per heavy atom. The van der Waals surface area contributed by atoms with Crippen molar-refractivity contribution in [2.24, 2.45) is 5.14 Å². The maximum absolute atomic E-state index is 10.7. The van der Waals surface area contributed by atoms with Crippen LogP contribution in [0.3, 0.4) is 0 Å². The zero-order valence-corrected chi connectivity index (χ0v) is 10.6. The van der Waals surface area contributed by atoms with Crippen LogP contribution in [0.1, 0.15) is 22.3 Å². The minimum atomic E-state index is -3.39. The summed E-state index contributed by atoms with van der Waals surface area (Å²) in [5.41, 5.74) is 1.18. The first-order chi connectivity index (χ1) is 8.38. The smallest absolute Gasteiger partial charge is 0.335 e. The van der Waals surface area contributed by atoms with Gasteiger partial charge in [-0.25, -0.2) is 18.4 Å². The lowest BCUT2D eigenvalue weighted by Crippen LogP contribution is -2.22. The van der Waals surface area contributed by atoms with E-state index in [1.165, 1.54) is 12.1 Å². The molecule has 0 unspecified atom stereocenters. The second-order valence-electron chi connectivity index (χ2n) is 3.90. The molecule has 6 nitrogen and oxygen atoms in total. The third-order valence-corrected chi connectivity index (χ3v) is 3.17. The van der Waals surface area contributed by atoms with Gasteiger partial charge in [-0.3, -0.25) is 0 Å². The molecule has 1 rings (SSSR count). The van der Waals surface area contributed by atoms with Crippen LogP contribution < -0.4 is 10.5 Å². The molecule has 0 spiro atoms. The quantitative estimate of drug-likeness (QED) is 0.612. The minimum absolute atomic E-state index is 0.0437. The maximum atomic E-state index is 10.7. The van der Waals surface area contributed by atoms with E-state index in [2.05, 4.69) is 5.32 Å². The van der Waals surface area contributed by atoms with E-state index < -0.39 is 16.0 Å². The van der Waals surface area contributed by atoms with Crippen LogP contribution in [0.15, 0.2) is 24.3 Å². The lowest BCUT2D eigenvalue weighted by Gasteiger charge is -2.04. The Balaban J connectivity index is 2.29. The second kappa shape index (κ2) is 6.48. The molecule has 0 heterocycles. The molecule has 0 aromatic heterocycles. The van der Waals surface area contributed by atoms with Crippen molar-refractivity contribution >= 4 is 16.0 Å². The van der Waals surface area contributed by atoms with Crippen molar-refractivity contribution in [1.82, 2.24) is 5.32 Å². The highest BCUT2D eigenvalue weighted by Gasteiger charge is 2.03. The van der Waals surface area contributed by atoms with Crippen LogP contribution in [0.5, 0.6) is 0 Å². The van der Waals surface area contributed by atoms with Crippen molar-refractivity contribution in [3.8, 4) is 0 Å². The van der Waals surface area contributed by atoms with E-state index in [1.54, 1.807) is 12.1 Å². The Kier molecular flexibility index (Phi) is 5.26. The summed E-state index contributed by atoms with van der Waals surface area (Å²) in [6.07, 6.45) is 0.450. The minimum Gasteiger partial charge on any atom is -0.478 e. The molecule has 1 aromatic rings. The van der Waals surface area contributed by atoms with E-state index in [1.807, 2.05) is 0 Å². The highest BCUT2D eigenvalue weighted by molar-refractivity contribution is 7.89. The summed E-state index contributed by atoms with van der Waals surface area (Å²) in [7, 11) is -3.39. The highest BCUT2D eigenvalue weighted by Crippen LogP contribution is 2.04. The summed E-state index contributed by atoms with van der Waals surface area (Å²) in [5, 5.41) is 16.6. The Bertz CT molecular complexity index is 496. The Hall–Kier alpha value is -1.44. The van der Waals surface area contributed by atoms with Gasteiger partial charge in [0.2, 0.25) is 10.0 Å². The summed E-state index contributed by atoms with van der Waals surface area (Å²) < 4.78 is 21.3. The van der Waals surface area contributed by atoms with Gasteiger partial charge < -0.3 is 10.4 Å². The zero-order chi connectivity index (χ0) is 13.6. The summed E-state index contributed by atoms with van der Waals surface area (Å²) in [6, 6.07) is 6.50. The fourth-order valence-corrected chi connectivity index (χ4v) is 1.94. The number of aromatic carboxylic acids is 1. The summed E-state index contributed by atoms with van der Waals surface area (Å²) in [6.45, 7) is 1.10. The average Bonchev–Trinajstić information content (AvgIpc) is 2.27. The van der Waals surface area contributed by atoms with Crippen molar-refractivity contribution in [2.45, 2.75) is 13.0 Å². The molecule has 4 N–H and O–H groups in total. The number of hydrogen-bond acceptors (Lipinski definition) is 4. The molecule has 0 bridgehead atoms. The van der Waals surface area contributed by atoms with Crippen molar-refractivity contribution in [1.29, 1.82) is 0 Å². The van der Waals surface area contributed by atoms with E-state index >= 15 is 0 Å². The predicted octanol–water partition coefficient (Wildman–Crippen LogP) is 0.153. The number of hydrogen-bond donors (Lipinski definition) is 3. The fourth-order valence-electron chi connectivity index (χ4n) is 1.40. The largest absolute Gasteiger partial charge is 0.478 e. The molecule has 0 atom stereocenters. The highest BCUT2D eigenvalue weighted by atomic mass is 32.2. The molecule has 0 aliphatic rings. The van der Waals surface area contributed by atoms with Gasteiger partial charge in [-0.2, -0.15) is 0 Å². The molecule has 1 aromatic carbocycles. The van der Waals surface area contributed by atoms with Gasteiger partial charge in [-0.15, -0.1) is 0 Å². The number of nitrogens with one attached hydrogen (secondary N) is 1. The SMILES string of the molecule is NS(=O)(=O)CCCNCc1ccc(C(=O)O)cc1. The molecule has 7 heteroatoms. The van der Waals surface area contributed by atoms with Crippen molar-refractivity contribution in [3.63, 3.8) is 0 Å². The topological polar surface area (TPSA) is 109 Å². The van der Waals surface area contributed by atoms with E-state index in [0.717, 1.165) is 5.56 Å². The normalized spacial score (nSPS) is 11.4. The van der Waals surface area contributed by atoms with Gasteiger partial charge in [-0.1, -0.05) is 12.1 Å². The molecule has 0 saturated heterocycles. The van der Waals surface area contributed by atoms with Gasteiger partial charge in [0, 0.05) is 6.54 Å². The molecule has 0 radical (unpaired) electrons. The van der Waals surface area contributed by atoms with E-state index in [-0.39, 0.29) is 11.3 Å². The third kappa shape index (κ3) is 5.76. The molecule has 18 heavy (non-hydrogen) atoms. The van der Waals surface area contributed by atoms with Crippen LogP contribution in [-0.2, 0) is 16.6 Å². The average molecular weight is 272 g/mol. The third-order valence-electron chi connectivity index (χ3n) is 2.31. The number of carboxylic acid groups (broad SMARTS) is 1. The van der Waals surface area contributed by atoms with Crippen LogP contribution in [0.25, 0.3) is 0 Å². The first kappa shape index (κ1) is 14.6. The van der Waals surface area contributed by atoms with Crippen LogP contribution >= 0.6 is 0 Å². The molecule has 0 aliphatic heterocycles. The number of carboxylic acids is 1. The number of carbonyl (C=O) groups is 1. The fraction of sp³-hybridized carbons (Fsp3) is 0.364. The molecule has 0 amide bonds. The number of benzene rings is 1. The molecule has 0 saturated carbocycles. The van der Waals surface area contributed by atoms with Gasteiger partial charge in [0.25, 0.3) is 0 Å². The summed E-state index contributed by atoms with van der Waals surface area (Å²) >= 11 is 0. The van der Waals surface area contributed by atoms with E-state index in [9.17, 15) is 13.2 Å². The number of nitrogens with two attached hydrogens (primary N) is 1. The Morgan fingerprint density at radius 2 is 1.89 bits per heavy atom. The van der Waals surface area contributed by atoms with Crippen LogP contribution in [0.2, 0.25) is 0 Å². The molecular formula is C11H16N2O4S. The van der Waals surface area contributed by atoms with E-state index in [0.29, 0.717) is 19.5 Å². The van der Waals surface area contributed by atoms with Gasteiger partial charge in [0.05, 0.1) is 11.3 Å². The zero-order valence-electron chi connectivity index (χ0n) is 9.80. The lowest BCUT2D eigenvalue weighted by atomic mass is 10.1. The molecule has 0 fully saturated rings.